The molecule has 0 saturated heterocycles. The summed E-state index contributed by atoms with van der Waals surface area (Å²) in [6.07, 6.45) is 0.435. The van der Waals surface area contributed by atoms with Gasteiger partial charge in [0.25, 0.3) is 0 Å². The first-order chi connectivity index (χ1) is 7.63. The highest BCUT2D eigenvalue weighted by Gasteiger charge is 2.13. The van der Waals surface area contributed by atoms with Gasteiger partial charge in [0.05, 0.1) is 12.6 Å². The van der Waals surface area contributed by atoms with Gasteiger partial charge in [0.2, 0.25) is 0 Å². The van der Waals surface area contributed by atoms with Crippen molar-refractivity contribution in [1.82, 2.24) is 4.98 Å². The van der Waals surface area contributed by atoms with Crippen LogP contribution in [-0.2, 0) is 0 Å². The molecule has 0 aliphatic carbocycles. The first kappa shape index (κ1) is 10.4. The Bertz CT molecular complexity index is 544. The van der Waals surface area contributed by atoms with Crippen LogP contribution in [0.15, 0.2) is 18.3 Å². The van der Waals surface area contributed by atoms with E-state index in [1.807, 2.05) is 6.07 Å². The predicted octanol–water partition coefficient (Wildman–Crippen LogP) is 2.54. The maximum absolute atomic E-state index is 10.5. The number of fused-ring (bicyclic) bond motifs is 1. The first-order valence-corrected chi connectivity index (χ1v) is 4.69. The zero-order valence-corrected chi connectivity index (χ0v) is 8.90. The van der Waals surface area contributed by atoms with Crippen molar-refractivity contribution in [3.8, 4) is 11.5 Å². The molecule has 2 N–H and O–H groups in total. The molecule has 1 heterocycles. The molecule has 1 aromatic heterocycles. The number of benzene rings is 1. The smallest absolute Gasteiger partial charge is 0.494 e. The van der Waals surface area contributed by atoms with E-state index in [0.29, 0.717) is 5.75 Å². The molecular weight excluding hydrogens is 210 g/mol. The van der Waals surface area contributed by atoms with E-state index in [0.717, 1.165) is 16.5 Å². The summed E-state index contributed by atoms with van der Waals surface area (Å²) in [4.78, 5) is 13.6. The number of methoxy groups -OCH3 is 1. The van der Waals surface area contributed by atoms with Crippen LogP contribution in [0.4, 0.5) is 4.79 Å². The molecular formula is C11H11NO4. The maximum Gasteiger partial charge on any atom is 0.511 e. The van der Waals surface area contributed by atoms with Crippen LogP contribution in [0.1, 0.15) is 5.56 Å². The van der Waals surface area contributed by atoms with Crippen LogP contribution in [0, 0.1) is 6.92 Å². The fourth-order valence-electron chi connectivity index (χ4n) is 1.68. The van der Waals surface area contributed by atoms with E-state index >= 15 is 0 Å². The van der Waals surface area contributed by atoms with E-state index in [9.17, 15) is 4.79 Å². The number of nitrogens with one attached hydrogen (secondary N) is 1. The van der Waals surface area contributed by atoms with Crippen molar-refractivity contribution in [3.63, 3.8) is 0 Å². The third-order valence-electron chi connectivity index (χ3n) is 2.45. The Morgan fingerprint density at radius 3 is 2.81 bits per heavy atom. The fourth-order valence-corrected chi connectivity index (χ4v) is 1.68. The van der Waals surface area contributed by atoms with Gasteiger partial charge in [-0.1, -0.05) is 0 Å². The van der Waals surface area contributed by atoms with Gasteiger partial charge in [-0.25, -0.2) is 4.79 Å². The number of aromatic nitrogens is 1. The summed E-state index contributed by atoms with van der Waals surface area (Å²) >= 11 is 0. The molecule has 2 rings (SSSR count). The number of hydrogen-bond donors (Lipinski definition) is 2. The highest BCUT2D eigenvalue weighted by Crippen LogP contribution is 2.34. The van der Waals surface area contributed by atoms with Gasteiger partial charge in [-0.05, 0) is 13.0 Å². The minimum absolute atomic E-state index is 0.288. The molecule has 0 bridgehead atoms. The lowest BCUT2D eigenvalue weighted by molar-refractivity contribution is 0.144. The molecule has 2 aromatic rings. The third kappa shape index (κ3) is 1.56. The quantitative estimate of drug-likeness (QED) is 0.603. The topological polar surface area (TPSA) is 71.6 Å². The molecule has 0 radical (unpaired) electrons. The molecule has 0 aliphatic heterocycles. The van der Waals surface area contributed by atoms with Crippen molar-refractivity contribution < 1.29 is 19.4 Å². The van der Waals surface area contributed by atoms with Crippen molar-refractivity contribution >= 4 is 17.1 Å². The first-order valence-electron chi connectivity index (χ1n) is 4.69. The lowest BCUT2D eigenvalue weighted by Crippen LogP contribution is -2.04. The van der Waals surface area contributed by atoms with Crippen LogP contribution in [-0.4, -0.2) is 23.4 Å². The van der Waals surface area contributed by atoms with E-state index in [4.69, 9.17) is 9.84 Å². The monoisotopic (exact) mass is 221 g/mol. The Morgan fingerprint density at radius 2 is 2.19 bits per heavy atom. The van der Waals surface area contributed by atoms with Gasteiger partial charge in [-0.3, -0.25) is 0 Å². The van der Waals surface area contributed by atoms with E-state index < -0.39 is 6.16 Å². The normalized spacial score (nSPS) is 10.4. The molecule has 5 nitrogen and oxygen atoms in total. The summed E-state index contributed by atoms with van der Waals surface area (Å²) < 4.78 is 9.85. The number of aromatic amines is 1. The second kappa shape index (κ2) is 3.77. The molecule has 0 atom stereocenters. The fraction of sp³-hybridized carbons (Fsp3) is 0.182. The van der Waals surface area contributed by atoms with Gasteiger partial charge in [-0.15, -0.1) is 0 Å². The zero-order chi connectivity index (χ0) is 11.7. The highest BCUT2D eigenvalue weighted by molar-refractivity contribution is 5.90. The number of ether oxygens (including phenoxy) is 2. The van der Waals surface area contributed by atoms with E-state index in [1.54, 1.807) is 19.2 Å². The van der Waals surface area contributed by atoms with E-state index in [1.165, 1.54) is 7.11 Å². The molecule has 0 saturated carbocycles. The number of H-pyrrole nitrogens is 1. The van der Waals surface area contributed by atoms with Crippen molar-refractivity contribution in [2.75, 3.05) is 7.11 Å². The van der Waals surface area contributed by atoms with Gasteiger partial charge in [0.1, 0.15) is 11.5 Å². The highest BCUT2D eigenvalue weighted by atomic mass is 16.7. The van der Waals surface area contributed by atoms with Gasteiger partial charge >= 0.3 is 6.16 Å². The van der Waals surface area contributed by atoms with Crippen LogP contribution < -0.4 is 9.47 Å². The molecule has 16 heavy (non-hydrogen) atoms. The second-order valence-electron chi connectivity index (χ2n) is 3.34. The molecule has 0 spiro atoms. The standard InChI is InChI=1S/C11H11NO4/c1-6-7-3-4-12-10(7)9(15-2)5-8(6)16-11(13)14/h3-5,12H,1-2H3,(H,13,14). The Kier molecular flexibility index (Phi) is 2.44. The minimum Gasteiger partial charge on any atom is -0.494 e. The third-order valence-corrected chi connectivity index (χ3v) is 2.45. The predicted molar refractivity (Wildman–Crippen MR) is 58.2 cm³/mol. The lowest BCUT2D eigenvalue weighted by atomic mass is 10.1. The molecule has 0 aliphatic rings. The van der Waals surface area contributed by atoms with Crippen LogP contribution in [0.2, 0.25) is 0 Å². The van der Waals surface area contributed by atoms with Gasteiger partial charge in [0, 0.05) is 23.2 Å². The summed E-state index contributed by atoms with van der Waals surface area (Å²) in [5.74, 6) is 0.846. The van der Waals surface area contributed by atoms with Crippen LogP contribution >= 0.6 is 0 Å². The lowest BCUT2D eigenvalue weighted by Gasteiger charge is -2.09. The van der Waals surface area contributed by atoms with Gasteiger partial charge < -0.3 is 19.6 Å². The summed E-state index contributed by atoms with van der Waals surface area (Å²) in [5.41, 5.74) is 1.59. The van der Waals surface area contributed by atoms with Crippen LogP contribution in [0.25, 0.3) is 10.9 Å². The minimum atomic E-state index is -1.33. The van der Waals surface area contributed by atoms with E-state index in [2.05, 4.69) is 9.72 Å². The van der Waals surface area contributed by atoms with Crippen molar-refractivity contribution in [2.45, 2.75) is 6.92 Å². The molecule has 1 aromatic carbocycles. The average molecular weight is 221 g/mol. The summed E-state index contributed by atoms with van der Waals surface area (Å²) in [5, 5.41) is 9.49. The number of aryl methyl sites for hydroxylation is 1. The van der Waals surface area contributed by atoms with Crippen molar-refractivity contribution in [2.24, 2.45) is 0 Å². The number of rotatable bonds is 2. The van der Waals surface area contributed by atoms with Crippen LogP contribution in [0.5, 0.6) is 11.5 Å². The Labute approximate surface area is 91.6 Å². The SMILES string of the molecule is COc1cc(OC(=O)O)c(C)c2cc[nH]c12. The van der Waals surface area contributed by atoms with Crippen molar-refractivity contribution in [1.29, 1.82) is 0 Å². The summed E-state index contributed by atoms with van der Waals surface area (Å²) in [7, 11) is 1.52. The Hall–Kier alpha value is -2.17. The van der Waals surface area contributed by atoms with Crippen LogP contribution in [0.3, 0.4) is 0 Å². The molecule has 5 heteroatoms. The van der Waals surface area contributed by atoms with E-state index in [-0.39, 0.29) is 5.75 Å². The van der Waals surface area contributed by atoms with Crippen molar-refractivity contribution in [3.05, 3.63) is 23.9 Å². The van der Waals surface area contributed by atoms with Gasteiger partial charge in [0.15, 0.2) is 0 Å². The molecule has 0 fully saturated rings. The Morgan fingerprint density at radius 1 is 1.44 bits per heavy atom. The number of carbonyl (C=O) groups is 1. The molecule has 0 unspecified atom stereocenters. The summed E-state index contributed by atoms with van der Waals surface area (Å²) in [6.45, 7) is 1.80. The zero-order valence-electron chi connectivity index (χ0n) is 8.90. The van der Waals surface area contributed by atoms with Gasteiger partial charge in [-0.2, -0.15) is 0 Å². The maximum atomic E-state index is 10.5. The Balaban J connectivity index is 2.65. The summed E-state index contributed by atoms with van der Waals surface area (Å²) in [6, 6.07) is 3.41. The number of hydrogen-bond acceptors (Lipinski definition) is 3. The molecule has 84 valence electrons. The average Bonchev–Trinajstić information content (AvgIpc) is 2.70. The largest absolute Gasteiger partial charge is 0.511 e. The second-order valence-corrected chi connectivity index (χ2v) is 3.34. The molecule has 0 amide bonds. The number of carboxylic acid groups (broad SMARTS) is 1.